The fourth-order valence-electron chi connectivity index (χ4n) is 1.37. The van der Waals surface area contributed by atoms with Gasteiger partial charge in [-0.25, -0.2) is 0 Å². The molecule has 15 heavy (non-hydrogen) atoms. The zero-order valence-electron chi connectivity index (χ0n) is 8.60. The Morgan fingerprint density at radius 3 is 2.87 bits per heavy atom. The van der Waals surface area contributed by atoms with E-state index >= 15 is 0 Å². The summed E-state index contributed by atoms with van der Waals surface area (Å²) in [4.78, 5) is 9.44. The molecular formula is C11H13N3S. The van der Waals surface area contributed by atoms with Crippen LogP contribution in [0.25, 0.3) is 0 Å². The lowest BCUT2D eigenvalue weighted by Gasteiger charge is -2.03. The molecule has 0 saturated heterocycles. The second kappa shape index (κ2) is 5.00. The molecule has 0 spiro atoms. The Balaban J connectivity index is 1.83. The van der Waals surface area contributed by atoms with E-state index < -0.39 is 0 Å². The summed E-state index contributed by atoms with van der Waals surface area (Å²) < 4.78 is 0. The molecule has 78 valence electrons. The van der Waals surface area contributed by atoms with Crippen molar-refractivity contribution >= 4 is 11.3 Å². The van der Waals surface area contributed by atoms with E-state index in [9.17, 15) is 0 Å². The zero-order chi connectivity index (χ0) is 10.5. The summed E-state index contributed by atoms with van der Waals surface area (Å²) in [6.45, 7) is 3.78. The Hall–Kier alpha value is -1.26. The lowest BCUT2D eigenvalue weighted by atomic mass is 10.2. The van der Waals surface area contributed by atoms with Gasteiger partial charge in [0.15, 0.2) is 0 Å². The Labute approximate surface area is 93.2 Å². The van der Waals surface area contributed by atoms with Crippen molar-refractivity contribution in [3.05, 3.63) is 46.2 Å². The van der Waals surface area contributed by atoms with Gasteiger partial charge in [-0.05, 0) is 18.1 Å². The van der Waals surface area contributed by atoms with Gasteiger partial charge in [-0.15, -0.1) is 11.3 Å². The van der Waals surface area contributed by atoms with Crippen LogP contribution in [0, 0.1) is 6.92 Å². The van der Waals surface area contributed by atoms with Gasteiger partial charge in [-0.3, -0.25) is 9.97 Å². The predicted molar refractivity (Wildman–Crippen MR) is 61.6 cm³/mol. The largest absolute Gasteiger partial charge is 0.308 e. The van der Waals surface area contributed by atoms with Crippen LogP contribution in [0.4, 0.5) is 0 Å². The molecule has 0 aromatic carbocycles. The minimum absolute atomic E-state index is 0.854. The zero-order valence-corrected chi connectivity index (χ0v) is 9.42. The third-order valence-corrected chi connectivity index (χ3v) is 2.82. The van der Waals surface area contributed by atoms with Gasteiger partial charge in [-0.2, -0.15) is 0 Å². The molecule has 2 aromatic rings. The van der Waals surface area contributed by atoms with Crippen molar-refractivity contribution in [2.45, 2.75) is 20.0 Å². The molecule has 0 bridgehead atoms. The van der Waals surface area contributed by atoms with Crippen molar-refractivity contribution in [2.75, 3.05) is 0 Å². The number of nitrogens with one attached hydrogen (secondary N) is 1. The number of hydrogen-bond donors (Lipinski definition) is 1. The van der Waals surface area contributed by atoms with Gasteiger partial charge in [0.05, 0.1) is 5.51 Å². The Kier molecular flexibility index (Phi) is 3.42. The summed E-state index contributed by atoms with van der Waals surface area (Å²) in [7, 11) is 0. The molecule has 1 N–H and O–H groups in total. The molecule has 0 aliphatic rings. The highest BCUT2D eigenvalue weighted by molar-refractivity contribution is 7.09. The molecular weight excluding hydrogens is 206 g/mol. The minimum atomic E-state index is 0.854. The number of aryl methyl sites for hydroxylation is 1. The van der Waals surface area contributed by atoms with Crippen molar-refractivity contribution < 1.29 is 0 Å². The van der Waals surface area contributed by atoms with Crippen LogP contribution in [-0.2, 0) is 13.1 Å². The summed E-state index contributed by atoms with van der Waals surface area (Å²) in [5, 5.41) is 3.36. The molecule has 0 unspecified atom stereocenters. The highest BCUT2D eigenvalue weighted by Crippen LogP contribution is 2.05. The first kappa shape index (κ1) is 10.3. The highest BCUT2D eigenvalue weighted by atomic mass is 32.1. The summed E-state index contributed by atoms with van der Waals surface area (Å²) in [5.74, 6) is 0. The quantitative estimate of drug-likeness (QED) is 0.856. The Morgan fingerprint density at radius 1 is 1.20 bits per heavy atom. The van der Waals surface area contributed by atoms with E-state index in [2.05, 4.69) is 28.3 Å². The highest BCUT2D eigenvalue weighted by Gasteiger charge is 1.96. The molecule has 0 atom stereocenters. The fourth-order valence-corrected chi connectivity index (χ4v) is 1.94. The second-order valence-electron chi connectivity index (χ2n) is 3.44. The van der Waals surface area contributed by atoms with Crippen molar-refractivity contribution in [1.82, 2.24) is 15.3 Å². The van der Waals surface area contributed by atoms with Gasteiger partial charge in [-0.1, -0.05) is 6.07 Å². The minimum Gasteiger partial charge on any atom is -0.308 e. The van der Waals surface area contributed by atoms with Gasteiger partial charge >= 0.3 is 0 Å². The normalized spacial score (nSPS) is 10.5. The number of pyridine rings is 1. The van der Waals surface area contributed by atoms with Gasteiger partial charge in [0.1, 0.15) is 0 Å². The fraction of sp³-hybridized carbons (Fsp3) is 0.273. The lowest BCUT2D eigenvalue weighted by molar-refractivity contribution is 0.697. The van der Waals surface area contributed by atoms with Gasteiger partial charge in [0.25, 0.3) is 0 Å². The molecule has 2 rings (SSSR count). The van der Waals surface area contributed by atoms with Crippen molar-refractivity contribution in [3.63, 3.8) is 0 Å². The summed E-state index contributed by atoms with van der Waals surface area (Å²) in [5.41, 5.74) is 4.28. The molecule has 3 nitrogen and oxygen atoms in total. The maximum Gasteiger partial charge on any atom is 0.0794 e. The Bertz CT molecular complexity index is 412. The van der Waals surface area contributed by atoms with Crippen LogP contribution in [0.5, 0.6) is 0 Å². The average molecular weight is 219 g/mol. The third-order valence-electron chi connectivity index (χ3n) is 2.04. The summed E-state index contributed by atoms with van der Waals surface area (Å²) >= 11 is 1.67. The SMILES string of the molecule is Cc1cncc(CNCc2cncs2)c1. The van der Waals surface area contributed by atoms with Crippen LogP contribution >= 0.6 is 11.3 Å². The molecule has 0 aliphatic carbocycles. The number of rotatable bonds is 4. The van der Waals surface area contributed by atoms with Crippen LogP contribution in [0.15, 0.2) is 30.2 Å². The van der Waals surface area contributed by atoms with Gasteiger partial charge < -0.3 is 5.32 Å². The van der Waals surface area contributed by atoms with E-state index in [-0.39, 0.29) is 0 Å². The lowest BCUT2D eigenvalue weighted by Crippen LogP contribution is -2.11. The topological polar surface area (TPSA) is 37.8 Å². The van der Waals surface area contributed by atoms with Crippen LogP contribution < -0.4 is 5.32 Å². The van der Waals surface area contributed by atoms with Gasteiger partial charge in [0, 0.05) is 36.6 Å². The molecule has 0 aliphatic heterocycles. The summed E-state index contributed by atoms with van der Waals surface area (Å²) in [6.07, 6.45) is 5.66. The monoisotopic (exact) mass is 219 g/mol. The van der Waals surface area contributed by atoms with Crippen LogP contribution in [0.3, 0.4) is 0 Å². The average Bonchev–Trinajstić information content (AvgIpc) is 2.71. The van der Waals surface area contributed by atoms with E-state index in [1.807, 2.05) is 24.1 Å². The van der Waals surface area contributed by atoms with E-state index in [0.717, 1.165) is 13.1 Å². The second-order valence-corrected chi connectivity index (χ2v) is 4.41. The van der Waals surface area contributed by atoms with E-state index in [4.69, 9.17) is 0 Å². The van der Waals surface area contributed by atoms with E-state index in [1.54, 1.807) is 11.3 Å². The first-order valence-corrected chi connectivity index (χ1v) is 5.71. The number of aromatic nitrogens is 2. The first-order chi connectivity index (χ1) is 7.34. The van der Waals surface area contributed by atoms with Crippen molar-refractivity contribution in [1.29, 1.82) is 0 Å². The van der Waals surface area contributed by atoms with E-state index in [0.29, 0.717) is 0 Å². The number of thiazole rings is 1. The maximum absolute atomic E-state index is 4.15. The van der Waals surface area contributed by atoms with Crippen molar-refractivity contribution in [3.8, 4) is 0 Å². The Morgan fingerprint density at radius 2 is 2.13 bits per heavy atom. The summed E-state index contributed by atoms with van der Waals surface area (Å²) in [6, 6.07) is 2.15. The molecule has 0 radical (unpaired) electrons. The number of hydrogen-bond acceptors (Lipinski definition) is 4. The maximum atomic E-state index is 4.15. The number of nitrogens with zero attached hydrogens (tertiary/aromatic N) is 2. The van der Waals surface area contributed by atoms with Crippen molar-refractivity contribution in [2.24, 2.45) is 0 Å². The van der Waals surface area contributed by atoms with Gasteiger partial charge in [0.2, 0.25) is 0 Å². The smallest absolute Gasteiger partial charge is 0.0794 e. The molecule has 2 heterocycles. The van der Waals surface area contributed by atoms with Crippen LogP contribution in [-0.4, -0.2) is 9.97 Å². The standard InChI is InChI=1S/C11H13N3S/c1-9-2-10(4-12-3-9)5-13-6-11-7-14-8-15-11/h2-4,7-8,13H,5-6H2,1H3. The molecule has 2 aromatic heterocycles. The molecule has 0 saturated carbocycles. The molecule has 0 amide bonds. The third kappa shape index (κ3) is 3.11. The predicted octanol–water partition coefficient (Wildman–Crippen LogP) is 2.14. The van der Waals surface area contributed by atoms with E-state index in [1.165, 1.54) is 16.0 Å². The molecule has 0 fully saturated rings. The first-order valence-electron chi connectivity index (χ1n) is 4.83. The molecule has 4 heteroatoms. The van der Waals surface area contributed by atoms with Crippen LogP contribution in [0.2, 0.25) is 0 Å². The van der Waals surface area contributed by atoms with Crippen LogP contribution in [0.1, 0.15) is 16.0 Å².